The predicted molar refractivity (Wildman–Crippen MR) is 85.0 cm³/mol. The van der Waals surface area contributed by atoms with Gasteiger partial charge in [0.15, 0.2) is 0 Å². The van der Waals surface area contributed by atoms with Gasteiger partial charge < -0.3 is 4.74 Å². The predicted octanol–water partition coefficient (Wildman–Crippen LogP) is 2.83. The topological polar surface area (TPSA) is 96.3 Å². The van der Waals surface area contributed by atoms with Crippen molar-refractivity contribution in [2.24, 2.45) is 0 Å². The molecule has 2 aromatic carbocycles. The molecule has 1 amide bonds. The highest BCUT2D eigenvalue weighted by Crippen LogP contribution is 2.32. The van der Waals surface area contributed by atoms with Crippen molar-refractivity contribution in [1.29, 1.82) is 5.26 Å². The molecule has 0 spiro atoms. The van der Waals surface area contributed by atoms with Gasteiger partial charge in [-0.2, -0.15) is 5.26 Å². The lowest BCUT2D eigenvalue weighted by atomic mass is 10.2. The number of carbonyl (C=O) groups excluding carboxylic acids is 1. The Bertz CT molecular complexity index is 937. The monoisotopic (exact) mass is 368 g/mol. The van der Waals surface area contributed by atoms with E-state index in [0.717, 1.165) is 18.4 Å². The van der Waals surface area contributed by atoms with Gasteiger partial charge >= 0.3 is 0 Å². The molecule has 0 saturated carbocycles. The minimum atomic E-state index is -3.83. The molecule has 0 radical (unpaired) electrons. The van der Waals surface area contributed by atoms with E-state index >= 15 is 0 Å². The molecule has 0 fully saturated rings. The Labute approximate surface area is 142 Å². The van der Waals surface area contributed by atoms with Crippen LogP contribution in [0.5, 0.6) is 11.5 Å². The Morgan fingerprint density at radius 2 is 1.92 bits per heavy atom. The van der Waals surface area contributed by atoms with Crippen molar-refractivity contribution in [3.63, 3.8) is 0 Å². The molecule has 0 aromatic heterocycles. The van der Waals surface area contributed by atoms with Crippen molar-refractivity contribution >= 4 is 27.5 Å². The van der Waals surface area contributed by atoms with Crippen LogP contribution in [0.25, 0.3) is 0 Å². The molecule has 2 aromatic rings. The lowest BCUT2D eigenvalue weighted by molar-refractivity contribution is 0.0977. The van der Waals surface area contributed by atoms with Crippen molar-refractivity contribution in [3.8, 4) is 17.6 Å². The number of halogens is 2. The fourth-order valence-corrected chi connectivity index (χ4v) is 2.38. The standard InChI is InChI=1S/C15H10ClFN2O4S/c1-24(21,22)19-15(20)11-6-12(16)14(7-13(11)17)23-10-4-2-9(8-18)3-5-10/h2-7H,1H3,(H,19,20). The fourth-order valence-electron chi connectivity index (χ4n) is 1.73. The lowest BCUT2D eigenvalue weighted by Gasteiger charge is -2.10. The smallest absolute Gasteiger partial charge is 0.267 e. The summed E-state index contributed by atoms with van der Waals surface area (Å²) in [4.78, 5) is 11.7. The van der Waals surface area contributed by atoms with Gasteiger partial charge in [0.25, 0.3) is 5.91 Å². The molecule has 0 heterocycles. The molecule has 124 valence electrons. The van der Waals surface area contributed by atoms with E-state index in [0.29, 0.717) is 11.3 Å². The number of hydrogen-bond donors (Lipinski definition) is 1. The number of nitrogens with zero attached hydrogens (tertiary/aromatic N) is 1. The van der Waals surface area contributed by atoms with Crippen LogP contribution in [0.15, 0.2) is 36.4 Å². The number of rotatable bonds is 4. The van der Waals surface area contributed by atoms with E-state index in [4.69, 9.17) is 21.6 Å². The van der Waals surface area contributed by atoms with Crippen LogP contribution in [0, 0.1) is 17.1 Å². The number of hydrogen-bond acceptors (Lipinski definition) is 5. The van der Waals surface area contributed by atoms with Gasteiger partial charge in [0.05, 0.1) is 28.5 Å². The number of nitriles is 1. The highest BCUT2D eigenvalue weighted by atomic mass is 35.5. The Morgan fingerprint density at radius 3 is 2.46 bits per heavy atom. The van der Waals surface area contributed by atoms with Crippen LogP contribution in [0.1, 0.15) is 15.9 Å². The normalized spacial score (nSPS) is 10.8. The molecule has 24 heavy (non-hydrogen) atoms. The zero-order chi connectivity index (χ0) is 17.9. The van der Waals surface area contributed by atoms with Crippen LogP contribution >= 0.6 is 11.6 Å². The van der Waals surface area contributed by atoms with Crippen LogP contribution in [0.3, 0.4) is 0 Å². The van der Waals surface area contributed by atoms with Crippen molar-refractivity contribution in [1.82, 2.24) is 4.72 Å². The molecule has 0 bridgehead atoms. The molecule has 0 aliphatic carbocycles. The first-order chi connectivity index (χ1) is 11.2. The minimum absolute atomic E-state index is 0.0604. The second-order valence-electron chi connectivity index (χ2n) is 4.70. The van der Waals surface area contributed by atoms with Gasteiger partial charge in [0.1, 0.15) is 17.3 Å². The molecule has 1 N–H and O–H groups in total. The third-order valence-electron chi connectivity index (χ3n) is 2.76. The maximum absolute atomic E-state index is 14.0. The SMILES string of the molecule is CS(=O)(=O)NC(=O)c1cc(Cl)c(Oc2ccc(C#N)cc2)cc1F. The molecule has 0 aliphatic heterocycles. The molecular formula is C15H10ClFN2O4S. The first kappa shape index (κ1) is 17.7. The second-order valence-corrected chi connectivity index (χ2v) is 6.86. The van der Waals surface area contributed by atoms with E-state index in [2.05, 4.69) is 0 Å². The Morgan fingerprint density at radius 1 is 1.29 bits per heavy atom. The number of amides is 1. The number of benzene rings is 2. The summed E-state index contributed by atoms with van der Waals surface area (Å²) >= 11 is 5.95. The Kier molecular flexibility index (Phi) is 5.07. The lowest BCUT2D eigenvalue weighted by Crippen LogP contribution is -2.30. The zero-order valence-corrected chi connectivity index (χ0v) is 13.8. The maximum Gasteiger partial charge on any atom is 0.267 e. The summed E-state index contributed by atoms with van der Waals surface area (Å²) in [6, 6.07) is 9.79. The fraction of sp³-hybridized carbons (Fsp3) is 0.0667. The van der Waals surface area contributed by atoms with E-state index in [1.807, 2.05) is 6.07 Å². The first-order valence-electron chi connectivity index (χ1n) is 6.39. The van der Waals surface area contributed by atoms with Crippen molar-refractivity contribution in [3.05, 3.63) is 58.4 Å². The van der Waals surface area contributed by atoms with Gasteiger partial charge in [-0.1, -0.05) is 11.6 Å². The molecule has 0 saturated heterocycles. The highest BCUT2D eigenvalue weighted by molar-refractivity contribution is 7.89. The van der Waals surface area contributed by atoms with Crippen LogP contribution in [0.2, 0.25) is 5.02 Å². The number of nitrogens with one attached hydrogen (secondary N) is 1. The maximum atomic E-state index is 14.0. The first-order valence-corrected chi connectivity index (χ1v) is 8.66. The zero-order valence-electron chi connectivity index (χ0n) is 12.2. The van der Waals surface area contributed by atoms with Gasteiger partial charge in [0.2, 0.25) is 10.0 Å². The molecule has 9 heteroatoms. The number of carbonyl (C=O) groups is 1. The summed E-state index contributed by atoms with van der Waals surface area (Å²) in [5.74, 6) is -1.88. The van der Waals surface area contributed by atoms with E-state index < -0.39 is 27.3 Å². The molecule has 0 atom stereocenters. The molecule has 0 unspecified atom stereocenters. The molecule has 2 rings (SSSR count). The van der Waals surface area contributed by atoms with Gasteiger partial charge in [-0.25, -0.2) is 17.5 Å². The van der Waals surface area contributed by atoms with Crippen LogP contribution in [-0.4, -0.2) is 20.6 Å². The average molecular weight is 369 g/mol. The van der Waals surface area contributed by atoms with Crippen molar-refractivity contribution in [2.45, 2.75) is 0 Å². The van der Waals surface area contributed by atoms with Gasteiger partial charge in [-0.3, -0.25) is 4.79 Å². The minimum Gasteiger partial charge on any atom is -0.456 e. The Balaban J connectivity index is 2.29. The van der Waals surface area contributed by atoms with Crippen LogP contribution < -0.4 is 9.46 Å². The van der Waals surface area contributed by atoms with E-state index in [1.54, 1.807) is 4.72 Å². The number of ether oxygens (including phenoxy) is 1. The van der Waals surface area contributed by atoms with Gasteiger partial charge in [-0.15, -0.1) is 0 Å². The van der Waals surface area contributed by atoms with E-state index in [1.165, 1.54) is 24.3 Å². The van der Waals surface area contributed by atoms with Crippen LogP contribution in [0.4, 0.5) is 4.39 Å². The van der Waals surface area contributed by atoms with Crippen molar-refractivity contribution < 1.29 is 22.3 Å². The highest BCUT2D eigenvalue weighted by Gasteiger charge is 2.19. The quantitative estimate of drug-likeness (QED) is 0.895. The third kappa shape index (κ3) is 4.44. The third-order valence-corrected chi connectivity index (χ3v) is 3.61. The van der Waals surface area contributed by atoms with Crippen LogP contribution in [-0.2, 0) is 10.0 Å². The van der Waals surface area contributed by atoms with Gasteiger partial charge in [-0.05, 0) is 30.3 Å². The molecule has 0 aliphatic rings. The summed E-state index contributed by atoms with van der Waals surface area (Å²) < 4.78 is 43.2. The average Bonchev–Trinajstić information content (AvgIpc) is 2.49. The van der Waals surface area contributed by atoms with E-state index in [-0.39, 0.29) is 10.8 Å². The molecular weight excluding hydrogens is 359 g/mol. The Hall–Kier alpha value is -2.63. The largest absolute Gasteiger partial charge is 0.456 e. The molecule has 6 nitrogen and oxygen atoms in total. The summed E-state index contributed by atoms with van der Waals surface area (Å²) in [6.07, 6.45) is 0.771. The number of sulfonamides is 1. The summed E-state index contributed by atoms with van der Waals surface area (Å²) in [6.45, 7) is 0. The van der Waals surface area contributed by atoms with Gasteiger partial charge in [0, 0.05) is 6.07 Å². The van der Waals surface area contributed by atoms with Crippen molar-refractivity contribution in [2.75, 3.05) is 6.26 Å². The summed E-state index contributed by atoms with van der Waals surface area (Å²) in [5.41, 5.74) is -0.106. The van der Waals surface area contributed by atoms with E-state index in [9.17, 15) is 17.6 Å². The summed E-state index contributed by atoms with van der Waals surface area (Å²) in [5, 5.41) is 8.64. The second kappa shape index (κ2) is 6.86. The summed E-state index contributed by atoms with van der Waals surface area (Å²) in [7, 11) is -3.83.